The molecule has 0 fully saturated rings. The number of aromatic amines is 1. The molecule has 0 radical (unpaired) electrons. The molecule has 4 rings (SSSR count). The number of aryl methyl sites for hydroxylation is 2. The van der Waals surface area contributed by atoms with Gasteiger partial charge in [-0.2, -0.15) is 9.78 Å². The fourth-order valence-electron chi connectivity index (χ4n) is 3.69. The lowest BCUT2D eigenvalue weighted by molar-refractivity contribution is 0.0538. The lowest BCUT2D eigenvalue weighted by atomic mass is 10.1. The van der Waals surface area contributed by atoms with Crippen LogP contribution in [0, 0.1) is 13.8 Å². The van der Waals surface area contributed by atoms with Gasteiger partial charge in [0.25, 0.3) is 5.56 Å². The summed E-state index contributed by atoms with van der Waals surface area (Å²) in [6.07, 6.45) is 3.43. The highest BCUT2D eigenvalue weighted by Gasteiger charge is 2.19. The molecule has 1 aromatic heterocycles. The van der Waals surface area contributed by atoms with Gasteiger partial charge in [0.05, 0.1) is 17.3 Å². The Kier molecular flexibility index (Phi) is 8.22. The third-order valence-electron chi connectivity index (χ3n) is 5.47. The van der Waals surface area contributed by atoms with Crippen LogP contribution in [-0.2, 0) is 4.74 Å². The Hall–Kier alpha value is -4.44. The van der Waals surface area contributed by atoms with Gasteiger partial charge in [-0.05, 0) is 82.9 Å². The second-order valence-corrected chi connectivity index (χ2v) is 9.09. The molecular formula is C28H24BrN3O6. The quantitative estimate of drug-likeness (QED) is 0.294. The van der Waals surface area contributed by atoms with E-state index in [1.54, 1.807) is 49.6 Å². The van der Waals surface area contributed by atoms with Crippen molar-refractivity contribution in [3.05, 3.63) is 114 Å². The third-order valence-corrected chi connectivity index (χ3v) is 6.09. The molecular weight excluding hydrogens is 554 g/mol. The van der Waals surface area contributed by atoms with Crippen molar-refractivity contribution in [2.75, 3.05) is 13.7 Å². The maximum absolute atomic E-state index is 12.6. The van der Waals surface area contributed by atoms with Crippen LogP contribution in [0.1, 0.15) is 27.2 Å². The molecule has 0 aliphatic heterocycles. The van der Waals surface area contributed by atoms with Gasteiger partial charge in [-0.3, -0.25) is 9.78 Å². The lowest BCUT2D eigenvalue weighted by Crippen LogP contribution is -2.36. The number of methoxy groups -OCH3 is 1. The molecule has 4 aromatic rings. The van der Waals surface area contributed by atoms with E-state index in [0.29, 0.717) is 34.1 Å². The van der Waals surface area contributed by atoms with Crippen LogP contribution in [0.25, 0.3) is 11.8 Å². The molecule has 0 atom stereocenters. The fourth-order valence-corrected chi connectivity index (χ4v) is 4.21. The molecule has 0 saturated heterocycles. The van der Waals surface area contributed by atoms with E-state index in [1.807, 2.05) is 44.2 Å². The molecule has 10 heteroatoms. The van der Waals surface area contributed by atoms with Crippen molar-refractivity contribution in [2.45, 2.75) is 13.8 Å². The van der Waals surface area contributed by atoms with Gasteiger partial charge in [-0.25, -0.2) is 9.59 Å². The minimum atomic E-state index is -0.948. The molecule has 1 N–H and O–H groups in total. The molecule has 1 heterocycles. The van der Waals surface area contributed by atoms with Gasteiger partial charge in [-0.1, -0.05) is 36.4 Å². The summed E-state index contributed by atoms with van der Waals surface area (Å²) >= 11 is 3.44. The van der Waals surface area contributed by atoms with Crippen molar-refractivity contribution < 1.29 is 19.0 Å². The summed E-state index contributed by atoms with van der Waals surface area (Å²) in [6, 6.07) is 18.2. The van der Waals surface area contributed by atoms with E-state index >= 15 is 0 Å². The minimum absolute atomic E-state index is 0.0697. The third kappa shape index (κ3) is 6.09. The Morgan fingerprint density at radius 1 is 1.05 bits per heavy atom. The zero-order valence-electron chi connectivity index (χ0n) is 20.9. The van der Waals surface area contributed by atoms with Crippen LogP contribution < -0.4 is 20.7 Å². The molecule has 3 aromatic carbocycles. The van der Waals surface area contributed by atoms with Crippen molar-refractivity contribution >= 4 is 28.0 Å². The van der Waals surface area contributed by atoms with Gasteiger partial charge >= 0.3 is 11.7 Å². The van der Waals surface area contributed by atoms with Crippen molar-refractivity contribution in [3.63, 3.8) is 0 Å². The highest BCUT2D eigenvalue weighted by Crippen LogP contribution is 2.34. The molecule has 38 heavy (non-hydrogen) atoms. The van der Waals surface area contributed by atoms with Crippen LogP contribution in [0.4, 0.5) is 0 Å². The number of hydrogen-bond acceptors (Lipinski definition) is 7. The molecule has 0 saturated carbocycles. The van der Waals surface area contributed by atoms with E-state index < -0.39 is 22.9 Å². The van der Waals surface area contributed by atoms with Gasteiger partial charge < -0.3 is 14.2 Å². The van der Waals surface area contributed by atoms with Gasteiger partial charge in [0.1, 0.15) is 23.9 Å². The molecule has 0 aliphatic carbocycles. The van der Waals surface area contributed by atoms with Crippen LogP contribution in [0.2, 0.25) is 0 Å². The first kappa shape index (κ1) is 26.6. The lowest BCUT2D eigenvalue weighted by Gasteiger charge is -2.15. The number of benzene rings is 3. The summed E-state index contributed by atoms with van der Waals surface area (Å²) < 4.78 is 18.2. The highest BCUT2D eigenvalue weighted by molar-refractivity contribution is 9.10. The Bertz CT molecular complexity index is 1600. The van der Waals surface area contributed by atoms with Crippen LogP contribution in [0.15, 0.2) is 80.8 Å². The largest absolute Gasteiger partial charge is 0.496 e. The SMILES string of the molecule is COc1ccc(Oc2c(C)cc(-n3nc(C(=O)OCC=Cc4ccccc4)c(=O)[nH]c3=O)cc2C)cc1Br. The molecule has 0 amide bonds. The highest BCUT2D eigenvalue weighted by atomic mass is 79.9. The first-order chi connectivity index (χ1) is 18.3. The monoisotopic (exact) mass is 577 g/mol. The molecule has 0 bridgehead atoms. The normalized spacial score (nSPS) is 10.9. The maximum atomic E-state index is 12.6. The van der Waals surface area contributed by atoms with E-state index in [4.69, 9.17) is 14.2 Å². The number of esters is 1. The second kappa shape index (κ2) is 11.7. The summed E-state index contributed by atoms with van der Waals surface area (Å²) in [6.45, 7) is 3.56. The number of nitrogens with one attached hydrogen (secondary N) is 1. The van der Waals surface area contributed by atoms with Crippen molar-refractivity contribution in [3.8, 4) is 22.9 Å². The Balaban J connectivity index is 1.56. The van der Waals surface area contributed by atoms with E-state index in [-0.39, 0.29) is 6.61 Å². The van der Waals surface area contributed by atoms with Gasteiger partial charge in [-0.15, -0.1) is 0 Å². The standard InChI is InChI=1S/C28H24BrN3O6/c1-17-14-20(15-18(2)25(17)38-21-11-12-23(36-3)22(29)16-21)32-28(35)30-26(33)24(31-32)27(34)37-13-7-10-19-8-5-4-6-9-19/h4-12,14-16H,13H2,1-3H3,(H,30,33,35). The van der Waals surface area contributed by atoms with Crippen LogP contribution in [0.5, 0.6) is 17.2 Å². The fraction of sp³-hybridized carbons (Fsp3) is 0.143. The molecule has 0 spiro atoms. The molecule has 0 unspecified atom stereocenters. The predicted octanol–water partition coefficient (Wildman–Crippen LogP) is 4.97. The van der Waals surface area contributed by atoms with E-state index in [2.05, 4.69) is 26.0 Å². The van der Waals surface area contributed by atoms with Crippen LogP contribution in [-0.4, -0.2) is 34.5 Å². The first-order valence-electron chi connectivity index (χ1n) is 11.5. The molecule has 194 valence electrons. The van der Waals surface area contributed by atoms with E-state index in [1.165, 1.54) is 0 Å². The summed E-state index contributed by atoms with van der Waals surface area (Å²) in [5.41, 5.74) is 0.456. The topological polar surface area (TPSA) is 113 Å². The number of halogens is 1. The average Bonchev–Trinajstić information content (AvgIpc) is 2.89. The van der Waals surface area contributed by atoms with Crippen LogP contribution in [0.3, 0.4) is 0 Å². The number of aromatic nitrogens is 3. The van der Waals surface area contributed by atoms with Crippen LogP contribution >= 0.6 is 15.9 Å². The predicted molar refractivity (Wildman–Crippen MR) is 146 cm³/mol. The minimum Gasteiger partial charge on any atom is -0.496 e. The molecule has 0 aliphatic rings. The zero-order valence-corrected chi connectivity index (χ0v) is 22.4. The Morgan fingerprint density at radius 2 is 1.76 bits per heavy atom. The van der Waals surface area contributed by atoms with Crippen molar-refractivity contribution in [2.24, 2.45) is 0 Å². The number of carbonyl (C=O) groups excluding carboxylic acids is 1. The van der Waals surface area contributed by atoms with Gasteiger partial charge in [0.2, 0.25) is 5.69 Å². The van der Waals surface area contributed by atoms with E-state index in [9.17, 15) is 14.4 Å². The summed E-state index contributed by atoms with van der Waals surface area (Å²) in [4.78, 5) is 39.5. The number of nitrogens with zero attached hydrogens (tertiary/aromatic N) is 2. The summed E-state index contributed by atoms with van der Waals surface area (Å²) in [5.74, 6) is 0.901. The number of hydrogen-bond donors (Lipinski definition) is 1. The smallest absolute Gasteiger partial charge is 0.364 e. The van der Waals surface area contributed by atoms with Crippen molar-refractivity contribution in [1.29, 1.82) is 0 Å². The summed E-state index contributed by atoms with van der Waals surface area (Å²) in [5, 5.41) is 4.01. The van der Waals surface area contributed by atoms with Crippen molar-refractivity contribution in [1.82, 2.24) is 14.8 Å². The number of carbonyl (C=O) groups is 1. The zero-order chi connectivity index (χ0) is 27.2. The molecule has 9 nitrogen and oxygen atoms in total. The summed E-state index contributed by atoms with van der Waals surface area (Å²) in [7, 11) is 1.58. The first-order valence-corrected chi connectivity index (χ1v) is 12.3. The van der Waals surface area contributed by atoms with Gasteiger partial charge in [0.15, 0.2) is 0 Å². The number of rotatable bonds is 8. The number of H-pyrrole nitrogens is 1. The Labute approximate surface area is 226 Å². The Morgan fingerprint density at radius 3 is 2.42 bits per heavy atom. The van der Waals surface area contributed by atoms with Gasteiger partial charge in [0, 0.05) is 0 Å². The van der Waals surface area contributed by atoms with E-state index in [0.717, 1.165) is 14.7 Å². The number of ether oxygens (including phenoxy) is 3. The maximum Gasteiger partial charge on any atom is 0.364 e. The average molecular weight is 578 g/mol. The second-order valence-electron chi connectivity index (χ2n) is 8.24.